The molecule has 0 aliphatic rings. The first kappa shape index (κ1) is 20.7. The van der Waals surface area contributed by atoms with E-state index in [1.54, 1.807) is 0 Å². The summed E-state index contributed by atoms with van der Waals surface area (Å²) in [5, 5.41) is 10.2. The van der Waals surface area contributed by atoms with Crippen LogP contribution in [0.3, 0.4) is 0 Å². The molecule has 0 spiro atoms. The van der Waals surface area contributed by atoms with Crippen molar-refractivity contribution in [2.75, 3.05) is 0 Å². The normalized spacial score (nSPS) is 17.0. The molecule has 21 heavy (non-hydrogen) atoms. The van der Waals surface area contributed by atoms with Gasteiger partial charge in [0.25, 0.3) is 0 Å². The number of aliphatic hydroxyl groups is 1. The third kappa shape index (κ3) is 12.0. The lowest BCUT2D eigenvalue weighted by Crippen LogP contribution is -2.17. The number of rotatable bonds is 12. The molecule has 0 aliphatic carbocycles. The van der Waals surface area contributed by atoms with Crippen LogP contribution in [-0.4, -0.2) is 11.2 Å². The summed E-state index contributed by atoms with van der Waals surface area (Å²) in [5.74, 6) is 2.13. The molecule has 1 N–H and O–H groups in total. The lowest BCUT2D eigenvalue weighted by atomic mass is 9.90. The molecule has 1 heteroatoms. The van der Waals surface area contributed by atoms with Crippen molar-refractivity contribution in [1.29, 1.82) is 0 Å². The summed E-state index contributed by atoms with van der Waals surface area (Å²) in [7, 11) is 0. The van der Waals surface area contributed by atoms with E-state index in [9.17, 15) is 5.11 Å². The second-order valence-corrected chi connectivity index (χ2v) is 7.58. The Bertz CT molecular complexity index is 267. The van der Waals surface area contributed by atoms with Crippen molar-refractivity contribution in [3.8, 4) is 0 Å². The van der Waals surface area contributed by atoms with Crippen molar-refractivity contribution in [3.63, 3.8) is 0 Å². The third-order valence-electron chi connectivity index (χ3n) is 4.82. The highest BCUT2D eigenvalue weighted by molar-refractivity contribution is 4.95. The predicted molar refractivity (Wildman–Crippen MR) is 95.5 cm³/mol. The van der Waals surface area contributed by atoms with Crippen molar-refractivity contribution < 1.29 is 5.11 Å². The second-order valence-electron chi connectivity index (χ2n) is 7.58. The highest BCUT2D eigenvalue weighted by Crippen LogP contribution is 2.22. The topological polar surface area (TPSA) is 20.2 Å². The van der Waals surface area contributed by atoms with Gasteiger partial charge in [-0.3, -0.25) is 0 Å². The number of hydrogen-bond acceptors (Lipinski definition) is 1. The lowest BCUT2D eigenvalue weighted by Gasteiger charge is -2.20. The molecule has 0 radical (unpaired) electrons. The molecule has 1 nitrogen and oxygen atoms in total. The summed E-state index contributed by atoms with van der Waals surface area (Å²) in [6.07, 6.45) is 11.8. The SMILES string of the molecule is C/C=C(\C)CCC(O)[C@H](C)CCC[C@H](C)CCCC(C)C. The largest absolute Gasteiger partial charge is 0.393 e. The Morgan fingerprint density at radius 2 is 1.48 bits per heavy atom. The summed E-state index contributed by atoms with van der Waals surface area (Å²) >= 11 is 0. The van der Waals surface area contributed by atoms with Crippen molar-refractivity contribution in [2.45, 2.75) is 99.0 Å². The van der Waals surface area contributed by atoms with Crippen molar-refractivity contribution in [1.82, 2.24) is 0 Å². The van der Waals surface area contributed by atoms with Crippen LogP contribution in [0.5, 0.6) is 0 Å². The average molecular weight is 297 g/mol. The van der Waals surface area contributed by atoms with Gasteiger partial charge in [-0.2, -0.15) is 0 Å². The smallest absolute Gasteiger partial charge is 0.0568 e. The van der Waals surface area contributed by atoms with E-state index in [4.69, 9.17) is 0 Å². The summed E-state index contributed by atoms with van der Waals surface area (Å²) in [6.45, 7) is 13.4. The maximum absolute atomic E-state index is 10.2. The van der Waals surface area contributed by atoms with Crippen molar-refractivity contribution in [3.05, 3.63) is 11.6 Å². The fourth-order valence-corrected chi connectivity index (χ4v) is 2.80. The van der Waals surface area contributed by atoms with Crippen molar-refractivity contribution in [2.24, 2.45) is 17.8 Å². The summed E-state index contributed by atoms with van der Waals surface area (Å²) in [6, 6.07) is 0. The molecule has 1 unspecified atom stereocenters. The molecular weight excluding hydrogens is 256 g/mol. The molecule has 0 saturated heterocycles. The molecule has 0 bridgehead atoms. The molecule has 0 aromatic heterocycles. The zero-order valence-corrected chi connectivity index (χ0v) is 15.5. The second kappa shape index (κ2) is 12.3. The fraction of sp³-hybridized carbons (Fsp3) is 0.900. The zero-order valence-electron chi connectivity index (χ0n) is 15.5. The highest BCUT2D eigenvalue weighted by atomic mass is 16.3. The first-order valence-corrected chi connectivity index (χ1v) is 9.16. The molecule has 3 atom stereocenters. The van der Waals surface area contributed by atoms with Gasteiger partial charge in [-0.1, -0.05) is 71.4 Å². The molecule has 0 heterocycles. The van der Waals surface area contributed by atoms with Crippen LogP contribution in [0.15, 0.2) is 11.6 Å². The van der Waals surface area contributed by atoms with Gasteiger partial charge in [0.1, 0.15) is 0 Å². The van der Waals surface area contributed by atoms with Gasteiger partial charge in [0.2, 0.25) is 0 Å². The molecule has 0 aromatic carbocycles. The highest BCUT2D eigenvalue weighted by Gasteiger charge is 2.14. The van der Waals surface area contributed by atoms with E-state index < -0.39 is 0 Å². The lowest BCUT2D eigenvalue weighted by molar-refractivity contribution is 0.101. The van der Waals surface area contributed by atoms with Gasteiger partial charge in [-0.15, -0.1) is 0 Å². The van der Waals surface area contributed by atoms with Crippen LogP contribution in [0.4, 0.5) is 0 Å². The van der Waals surface area contributed by atoms with Crippen LogP contribution < -0.4 is 0 Å². The van der Waals surface area contributed by atoms with Crippen LogP contribution in [0.1, 0.15) is 92.9 Å². The Labute approximate surface area is 134 Å². The van der Waals surface area contributed by atoms with Gasteiger partial charge in [0, 0.05) is 0 Å². The van der Waals surface area contributed by atoms with E-state index in [0.29, 0.717) is 5.92 Å². The maximum Gasteiger partial charge on any atom is 0.0568 e. The molecule has 126 valence electrons. The van der Waals surface area contributed by atoms with E-state index in [2.05, 4.69) is 47.6 Å². The molecule has 0 aliphatic heterocycles. The fourth-order valence-electron chi connectivity index (χ4n) is 2.80. The van der Waals surface area contributed by atoms with E-state index in [-0.39, 0.29) is 6.10 Å². The summed E-state index contributed by atoms with van der Waals surface area (Å²) < 4.78 is 0. The molecule has 0 fully saturated rings. The maximum atomic E-state index is 10.2. The van der Waals surface area contributed by atoms with E-state index in [1.807, 2.05) is 0 Å². The average Bonchev–Trinajstić information content (AvgIpc) is 2.43. The quantitative estimate of drug-likeness (QED) is 0.415. The Morgan fingerprint density at radius 3 is 2.00 bits per heavy atom. The minimum Gasteiger partial charge on any atom is -0.393 e. The van der Waals surface area contributed by atoms with Gasteiger partial charge in [-0.25, -0.2) is 0 Å². The van der Waals surface area contributed by atoms with Gasteiger partial charge in [0.05, 0.1) is 6.10 Å². The molecule has 0 rings (SSSR count). The van der Waals surface area contributed by atoms with Crippen LogP contribution in [-0.2, 0) is 0 Å². The van der Waals surface area contributed by atoms with Gasteiger partial charge < -0.3 is 5.11 Å². The van der Waals surface area contributed by atoms with E-state index in [1.165, 1.54) is 44.1 Å². The minimum atomic E-state index is -0.129. The summed E-state index contributed by atoms with van der Waals surface area (Å²) in [4.78, 5) is 0. The zero-order chi connectivity index (χ0) is 16.3. The minimum absolute atomic E-state index is 0.129. The Hall–Kier alpha value is -0.300. The molecule has 0 saturated carbocycles. The summed E-state index contributed by atoms with van der Waals surface area (Å²) in [5.41, 5.74) is 1.39. The molecular formula is C20H40O. The van der Waals surface area contributed by atoms with Crippen LogP contribution >= 0.6 is 0 Å². The first-order chi connectivity index (χ1) is 9.86. The van der Waals surface area contributed by atoms with Crippen LogP contribution in [0.2, 0.25) is 0 Å². The van der Waals surface area contributed by atoms with Crippen LogP contribution in [0, 0.1) is 17.8 Å². The number of aliphatic hydroxyl groups excluding tert-OH is 1. The Kier molecular flexibility index (Phi) is 12.1. The standard InChI is InChI=1S/C20H40O/c1-7-17(4)14-15-20(21)19(6)13-9-12-18(5)11-8-10-16(2)3/h7,16,18-21H,8-15H2,1-6H3/b17-7+/t18-,19-,20?/m1/s1. The van der Waals surface area contributed by atoms with Crippen molar-refractivity contribution >= 4 is 0 Å². The Morgan fingerprint density at radius 1 is 0.905 bits per heavy atom. The van der Waals surface area contributed by atoms with E-state index >= 15 is 0 Å². The van der Waals surface area contributed by atoms with Gasteiger partial charge in [0.15, 0.2) is 0 Å². The Balaban J connectivity index is 3.69. The van der Waals surface area contributed by atoms with Gasteiger partial charge >= 0.3 is 0 Å². The van der Waals surface area contributed by atoms with Gasteiger partial charge in [-0.05, 0) is 50.9 Å². The first-order valence-electron chi connectivity index (χ1n) is 9.16. The van der Waals surface area contributed by atoms with E-state index in [0.717, 1.165) is 24.7 Å². The number of allylic oxidation sites excluding steroid dienone is 2. The molecule has 0 aromatic rings. The predicted octanol–water partition coefficient (Wildman–Crippen LogP) is 6.36. The van der Waals surface area contributed by atoms with Crippen LogP contribution in [0.25, 0.3) is 0 Å². The third-order valence-corrected chi connectivity index (χ3v) is 4.82. The molecule has 0 amide bonds. The monoisotopic (exact) mass is 296 g/mol. The number of hydrogen-bond donors (Lipinski definition) is 1.